The van der Waals surface area contributed by atoms with Crippen LogP contribution < -0.4 is 10.6 Å². The van der Waals surface area contributed by atoms with Gasteiger partial charge in [0.25, 0.3) is 0 Å². The van der Waals surface area contributed by atoms with Gasteiger partial charge in [-0.1, -0.05) is 32.6 Å². The minimum atomic E-state index is 0.533. The first-order valence-corrected chi connectivity index (χ1v) is 3.82. The van der Waals surface area contributed by atoms with Crippen molar-refractivity contribution in [3.8, 4) is 0 Å². The van der Waals surface area contributed by atoms with Gasteiger partial charge in [-0.05, 0) is 17.2 Å². The van der Waals surface area contributed by atoms with Crippen LogP contribution in [0.4, 0.5) is 0 Å². The highest BCUT2D eigenvalue weighted by Gasteiger charge is 1.86. The molecule has 1 heterocycles. The van der Waals surface area contributed by atoms with Gasteiger partial charge in [-0.3, -0.25) is 4.98 Å². The van der Waals surface area contributed by atoms with Gasteiger partial charge in [-0.25, -0.2) is 0 Å². The molecule has 0 N–H and O–H groups in total. The molecule has 0 radical (unpaired) electrons. The average Bonchev–Trinajstić information content (AvgIpc) is 1.93. The standard InChI is InChI=1S/C10H13N/c1-8(2)7-10-9(3)5-4-6-11-10/h4-8H,3H2,1-2H3/b10-7+. The average molecular weight is 147 g/mol. The van der Waals surface area contributed by atoms with Gasteiger partial charge in [0.1, 0.15) is 0 Å². The Morgan fingerprint density at radius 2 is 2.27 bits per heavy atom. The lowest BCUT2D eigenvalue weighted by molar-refractivity contribution is 0.875. The molecule has 0 saturated heterocycles. The first kappa shape index (κ1) is 7.99. The van der Waals surface area contributed by atoms with Crippen molar-refractivity contribution >= 4 is 12.7 Å². The first-order chi connectivity index (χ1) is 5.20. The Labute approximate surface area is 67.1 Å². The zero-order chi connectivity index (χ0) is 8.27. The van der Waals surface area contributed by atoms with Crippen LogP contribution in [-0.2, 0) is 0 Å². The van der Waals surface area contributed by atoms with E-state index in [1.165, 1.54) is 0 Å². The van der Waals surface area contributed by atoms with Crippen LogP contribution in [-0.4, -0.2) is 4.98 Å². The van der Waals surface area contributed by atoms with Gasteiger partial charge >= 0.3 is 0 Å². The van der Waals surface area contributed by atoms with E-state index in [-0.39, 0.29) is 0 Å². The molecule has 0 aromatic carbocycles. The highest BCUT2D eigenvalue weighted by Crippen LogP contribution is 1.89. The zero-order valence-electron chi connectivity index (χ0n) is 7.04. The predicted octanol–water partition coefficient (Wildman–Crippen LogP) is 0.928. The van der Waals surface area contributed by atoms with Crippen LogP contribution in [0.1, 0.15) is 13.8 Å². The second-order valence-electron chi connectivity index (χ2n) is 2.96. The topological polar surface area (TPSA) is 12.9 Å². The molecule has 0 fully saturated rings. The van der Waals surface area contributed by atoms with Crippen LogP contribution in [0.5, 0.6) is 0 Å². The fourth-order valence-corrected chi connectivity index (χ4v) is 0.917. The molecule has 1 rings (SSSR count). The smallest absolute Gasteiger partial charge is 0.0658 e. The monoisotopic (exact) mass is 147 g/mol. The van der Waals surface area contributed by atoms with Crippen molar-refractivity contribution in [3.63, 3.8) is 0 Å². The van der Waals surface area contributed by atoms with Gasteiger partial charge in [0, 0.05) is 6.20 Å². The molecule has 0 aliphatic carbocycles. The molecule has 0 amide bonds. The van der Waals surface area contributed by atoms with E-state index in [1.54, 1.807) is 6.20 Å². The van der Waals surface area contributed by atoms with Gasteiger partial charge in [0.2, 0.25) is 0 Å². The molecule has 0 atom stereocenters. The summed E-state index contributed by atoms with van der Waals surface area (Å²) < 4.78 is 0. The quantitative estimate of drug-likeness (QED) is 0.576. The first-order valence-electron chi connectivity index (χ1n) is 3.82. The molecule has 0 saturated carbocycles. The van der Waals surface area contributed by atoms with Crippen LogP contribution in [0.3, 0.4) is 0 Å². The molecule has 0 bridgehead atoms. The maximum absolute atomic E-state index is 4.20. The van der Waals surface area contributed by atoms with E-state index < -0.39 is 0 Å². The maximum atomic E-state index is 4.20. The summed E-state index contributed by atoms with van der Waals surface area (Å²) in [5.74, 6) is 0.533. The molecule has 1 nitrogen and oxygen atoms in total. The molecule has 1 aromatic rings. The zero-order valence-corrected chi connectivity index (χ0v) is 7.04. The SMILES string of the molecule is C=c1cccn/c1=C/C(C)C. The lowest BCUT2D eigenvalue weighted by Crippen LogP contribution is -2.26. The second-order valence-corrected chi connectivity index (χ2v) is 2.96. The fourth-order valence-electron chi connectivity index (χ4n) is 0.917. The summed E-state index contributed by atoms with van der Waals surface area (Å²) in [6.07, 6.45) is 3.91. The highest BCUT2D eigenvalue weighted by atomic mass is 14.6. The molecule has 0 aliphatic rings. The van der Waals surface area contributed by atoms with E-state index in [2.05, 4.69) is 31.5 Å². The number of pyridine rings is 1. The molecule has 0 spiro atoms. The summed E-state index contributed by atoms with van der Waals surface area (Å²) in [5.41, 5.74) is 0. The van der Waals surface area contributed by atoms with Gasteiger partial charge < -0.3 is 0 Å². The highest BCUT2D eigenvalue weighted by molar-refractivity contribution is 5.23. The third-order valence-corrected chi connectivity index (χ3v) is 1.42. The van der Waals surface area contributed by atoms with E-state index in [9.17, 15) is 0 Å². The van der Waals surface area contributed by atoms with Crippen LogP contribution in [0.25, 0.3) is 12.7 Å². The largest absolute Gasteiger partial charge is 0.257 e. The molecule has 0 aliphatic heterocycles. The van der Waals surface area contributed by atoms with Gasteiger partial charge in [0.05, 0.1) is 5.35 Å². The molecular weight excluding hydrogens is 134 g/mol. The Morgan fingerprint density at radius 3 is 2.82 bits per heavy atom. The normalized spacial score (nSPS) is 12.5. The number of aromatic nitrogens is 1. The van der Waals surface area contributed by atoms with Crippen molar-refractivity contribution in [1.82, 2.24) is 4.98 Å². The summed E-state index contributed by atoms with van der Waals surface area (Å²) in [6, 6.07) is 3.88. The van der Waals surface area contributed by atoms with E-state index in [1.807, 2.05) is 12.1 Å². The van der Waals surface area contributed by atoms with Crippen molar-refractivity contribution in [2.24, 2.45) is 5.92 Å². The summed E-state index contributed by atoms with van der Waals surface area (Å²) in [5, 5.41) is 2.00. The third kappa shape index (κ3) is 2.19. The predicted molar refractivity (Wildman–Crippen MR) is 48.3 cm³/mol. The van der Waals surface area contributed by atoms with Crippen LogP contribution in [0.2, 0.25) is 0 Å². The van der Waals surface area contributed by atoms with Crippen molar-refractivity contribution in [1.29, 1.82) is 0 Å². The lowest BCUT2D eigenvalue weighted by Gasteiger charge is -1.92. The maximum Gasteiger partial charge on any atom is 0.0658 e. The Balaban J connectivity index is 3.24. The summed E-state index contributed by atoms with van der Waals surface area (Å²) in [7, 11) is 0. The molecule has 0 unspecified atom stereocenters. The van der Waals surface area contributed by atoms with E-state index in [4.69, 9.17) is 0 Å². The Hall–Kier alpha value is -1.11. The van der Waals surface area contributed by atoms with E-state index in [0.29, 0.717) is 5.92 Å². The van der Waals surface area contributed by atoms with Crippen molar-refractivity contribution < 1.29 is 0 Å². The fraction of sp³-hybridized carbons (Fsp3) is 0.300. The van der Waals surface area contributed by atoms with Crippen LogP contribution >= 0.6 is 0 Å². The number of hydrogen-bond donors (Lipinski definition) is 0. The minimum absolute atomic E-state index is 0.533. The van der Waals surface area contributed by atoms with E-state index in [0.717, 1.165) is 10.6 Å². The van der Waals surface area contributed by atoms with Gasteiger partial charge in [-0.15, -0.1) is 0 Å². The van der Waals surface area contributed by atoms with Gasteiger partial charge in [0.15, 0.2) is 0 Å². The minimum Gasteiger partial charge on any atom is -0.257 e. The van der Waals surface area contributed by atoms with Crippen LogP contribution in [0, 0.1) is 5.92 Å². The molecular formula is C10H13N. The Bertz CT molecular complexity index is 325. The molecule has 1 heteroatoms. The lowest BCUT2D eigenvalue weighted by atomic mass is 10.2. The van der Waals surface area contributed by atoms with Crippen molar-refractivity contribution in [3.05, 3.63) is 28.9 Å². The van der Waals surface area contributed by atoms with Crippen LogP contribution in [0.15, 0.2) is 18.3 Å². The number of rotatable bonds is 1. The number of hydrogen-bond acceptors (Lipinski definition) is 1. The van der Waals surface area contributed by atoms with Crippen molar-refractivity contribution in [2.75, 3.05) is 0 Å². The Kier molecular flexibility index (Phi) is 2.42. The summed E-state index contributed by atoms with van der Waals surface area (Å²) in [4.78, 5) is 4.20. The molecule has 58 valence electrons. The summed E-state index contributed by atoms with van der Waals surface area (Å²) >= 11 is 0. The molecule has 1 aromatic heterocycles. The van der Waals surface area contributed by atoms with Gasteiger partial charge in [-0.2, -0.15) is 0 Å². The second kappa shape index (κ2) is 3.33. The van der Waals surface area contributed by atoms with E-state index >= 15 is 0 Å². The Morgan fingerprint density at radius 1 is 1.55 bits per heavy atom. The summed E-state index contributed by atoms with van der Waals surface area (Å²) in [6.45, 7) is 8.15. The van der Waals surface area contributed by atoms with Crippen molar-refractivity contribution in [2.45, 2.75) is 13.8 Å². The molecule has 11 heavy (non-hydrogen) atoms. The third-order valence-electron chi connectivity index (χ3n) is 1.42. The number of nitrogens with zero attached hydrogens (tertiary/aromatic N) is 1.